The van der Waals surface area contributed by atoms with E-state index in [0.29, 0.717) is 25.8 Å². The Balaban J connectivity index is 2.30. The summed E-state index contributed by atoms with van der Waals surface area (Å²) < 4.78 is 38.6. The van der Waals surface area contributed by atoms with E-state index in [9.17, 15) is 17.6 Å². The topological polar surface area (TPSA) is 66.5 Å². The Morgan fingerprint density at radius 2 is 2.00 bits per heavy atom. The van der Waals surface area contributed by atoms with E-state index in [4.69, 9.17) is 0 Å². The van der Waals surface area contributed by atoms with Crippen molar-refractivity contribution in [3.05, 3.63) is 30.1 Å². The number of nitrogens with one attached hydrogen (secondary N) is 1. The molecule has 0 spiro atoms. The predicted molar refractivity (Wildman–Crippen MR) is 62.5 cm³/mol. The third-order valence-corrected chi connectivity index (χ3v) is 4.81. The van der Waals surface area contributed by atoms with E-state index >= 15 is 0 Å². The lowest BCUT2D eigenvalue weighted by atomic mass is 10.3. The quantitative estimate of drug-likeness (QED) is 0.820. The van der Waals surface area contributed by atoms with Crippen LogP contribution in [0, 0.1) is 5.82 Å². The molecule has 18 heavy (non-hydrogen) atoms. The minimum Gasteiger partial charge on any atom is -0.342 e. The number of halogens is 1. The largest absolute Gasteiger partial charge is 0.342 e. The van der Waals surface area contributed by atoms with Crippen LogP contribution in [0.25, 0.3) is 0 Å². The number of sulfonamides is 1. The first kappa shape index (κ1) is 13.0. The van der Waals surface area contributed by atoms with Crippen molar-refractivity contribution in [1.82, 2.24) is 9.62 Å². The molecule has 1 unspecified atom stereocenters. The van der Waals surface area contributed by atoms with E-state index in [1.54, 1.807) is 0 Å². The molecule has 5 nitrogen and oxygen atoms in total. The summed E-state index contributed by atoms with van der Waals surface area (Å²) in [6, 6.07) is 4.65. The van der Waals surface area contributed by atoms with Gasteiger partial charge in [-0.1, -0.05) is 0 Å². The molecule has 1 atom stereocenters. The second kappa shape index (κ2) is 5.03. The van der Waals surface area contributed by atoms with Gasteiger partial charge in [-0.2, -0.15) is 4.31 Å². The molecule has 1 amide bonds. The van der Waals surface area contributed by atoms with Crippen LogP contribution in [0.5, 0.6) is 0 Å². The van der Waals surface area contributed by atoms with Crippen LogP contribution < -0.4 is 5.32 Å². The fourth-order valence-corrected chi connectivity index (χ4v) is 3.64. The zero-order valence-corrected chi connectivity index (χ0v) is 10.4. The monoisotopic (exact) mass is 272 g/mol. The zero-order chi connectivity index (χ0) is 13.2. The molecular formula is C11H13FN2O3S. The molecule has 7 heteroatoms. The fourth-order valence-electron chi connectivity index (χ4n) is 2.01. The van der Waals surface area contributed by atoms with Crippen molar-refractivity contribution in [2.75, 3.05) is 6.54 Å². The Hall–Kier alpha value is -1.47. The number of hydrogen-bond donors (Lipinski definition) is 1. The molecule has 1 aromatic rings. The molecule has 1 aliphatic rings. The zero-order valence-electron chi connectivity index (χ0n) is 9.54. The molecule has 2 rings (SSSR count). The van der Waals surface area contributed by atoms with Gasteiger partial charge in [-0.25, -0.2) is 12.8 Å². The van der Waals surface area contributed by atoms with Crippen molar-refractivity contribution in [2.24, 2.45) is 0 Å². The number of carbonyl (C=O) groups is 1. The summed E-state index contributed by atoms with van der Waals surface area (Å²) in [5, 5.41) is 2.47. The first-order valence-corrected chi connectivity index (χ1v) is 6.97. The summed E-state index contributed by atoms with van der Waals surface area (Å²) >= 11 is 0. The van der Waals surface area contributed by atoms with Crippen molar-refractivity contribution in [3.8, 4) is 0 Å². The first-order chi connectivity index (χ1) is 8.55. The molecule has 98 valence electrons. The molecule has 1 aliphatic heterocycles. The van der Waals surface area contributed by atoms with E-state index < -0.39 is 22.0 Å². The molecular weight excluding hydrogens is 259 g/mol. The van der Waals surface area contributed by atoms with E-state index in [-0.39, 0.29) is 4.90 Å². The highest BCUT2D eigenvalue weighted by Crippen LogP contribution is 2.24. The highest BCUT2D eigenvalue weighted by Gasteiger charge is 2.34. The van der Waals surface area contributed by atoms with Gasteiger partial charge in [-0.15, -0.1) is 0 Å². The third kappa shape index (κ3) is 2.37. The number of rotatable bonds is 4. The van der Waals surface area contributed by atoms with Gasteiger partial charge in [0.05, 0.1) is 11.1 Å². The minimum absolute atomic E-state index is 0.0310. The lowest BCUT2D eigenvalue weighted by Gasteiger charge is -2.23. The summed E-state index contributed by atoms with van der Waals surface area (Å²) in [4.78, 5) is 10.5. The Morgan fingerprint density at radius 1 is 1.33 bits per heavy atom. The minimum atomic E-state index is -3.68. The molecule has 1 fully saturated rings. The van der Waals surface area contributed by atoms with Crippen LogP contribution in [0.15, 0.2) is 29.2 Å². The molecule has 1 heterocycles. The second-order valence-electron chi connectivity index (χ2n) is 4.01. The van der Waals surface area contributed by atoms with Gasteiger partial charge in [-0.05, 0) is 37.1 Å². The van der Waals surface area contributed by atoms with Gasteiger partial charge < -0.3 is 5.32 Å². The first-order valence-electron chi connectivity index (χ1n) is 5.53. The van der Waals surface area contributed by atoms with Crippen LogP contribution in [-0.2, 0) is 14.8 Å². The molecule has 0 saturated carbocycles. The van der Waals surface area contributed by atoms with Crippen molar-refractivity contribution in [1.29, 1.82) is 0 Å². The maximum absolute atomic E-state index is 12.8. The maximum atomic E-state index is 12.8. The average molecular weight is 272 g/mol. The SMILES string of the molecule is O=CNC1CCCN1S(=O)(=O)c1ccc(F)cc1. The number of amides is 1. The van der Waals surface area contributed by atoms with Gasteiger partial charge in [0.1, 0.15) is 5.82 Å². The van der Waals surface area contributed by atoms with Gasteiger partial charge in [0.25, 0.3) is 0 Å². The summed E-state index contributed by atoms with van der Waals surface area (Å²) in [5.41, 5.74) is 0. The highest BCUT2D eigenvalue weighted by atomic mass is 32.2. The van der Waals surface area contributed by atoms with Crippen molar-refractivity contribution >= 4 is 16.4 Å². The van der Waals surface area contributed by atoms with Crippen LogP contribution in [0.1, 0.15) is 12.8 Å². The summed E-state index contributed by atoms with van der Waals surface area (Å²) in [6.45, 7) is 0.352. The number of nitrogens with zero attached hydrogens (tertiary/aromatic N) is 1. The van der Waals surface area contributed by atoms with Crippen molar-refractivity contribution in [2.45, 2.75) is 23.9 Å². The highest BCUT2D eigenvalue weighted by molar-refractivity contribution is 7.89. The molecule has 1 aromatic carbocycles. The Kier molecular flexibility index (Phi) is 3.63. The second-order valence-corrected chi connectivity index (χ2v) is 5.90. The van der Waals surface area contributed by atoms with Crippen LogP contribution in [-0.4, -0.2) is 31.8 Å². The van der Waals surface area contributed by atoms with E-state index in [1.165, 1.54) is 16.4 Å². The summed E-state index contributed by atoms with van der Waals surface area (Å²) in [5.74, 6) is -0.488. The van der Waals surface area contributed by atoms with Crippen LogP contribution in [0.4, 0.5) is 4.39 Å². The molecule has 0 bridgehead atoms. The van der Waals surface area contributed by atoms with E-state index in [2.05, 4.69) is 5.32 Å². The van der Waals surface area contributed by atoms with Gasteiger partial charge in [0.2, 0.25) is 16.4 Å². The number of carbonyl (C=O) groups excluding carboxylic acids is 1. The Bertz CT molecular complexity index is 530. The summed E-state index contributed by atoms with van der Waals surface area (Å²) in [7, 11) is -3.68. The van der Waals surface area contributed by atoms with Crippen LogP contribution in [0.2, 0.25) is 0 Å². The van der Waals surface area contributed by atoms with Gasteiger partial charge in [0, 0.05) is 6.54 Å². The smallest absolute Gasteiger partial charge is 0.244 e. The van der Waals surface area contributed by atoms with Crippen molar-refractivity contribution < 1.29 is 17.6 Å². The maximum Gasteiger partial charge on any atom is 0.244 e. The molecule has 0 aromatic heterocycles. The Morgan fingerprint density at radius 3 is 2.61 bits per heavy atom. The van der Waals surface area contributed by atoms with Crippen LogP contribution >= 0.6 is 0 Å². The standard InChI is InChI=1S/C11H13FN2O3S/c12-9-3-5-10(6-4-9)18(16,17)14-7-1-2-11(14)13-8-15/h3-6,8,11H,1-2,7H2,(H,13,15). The van der Waals surface area contributed by atoms with Gasteiger partial charge in [0.15, 0.2) is 0 Å². The van der Waals surface area contributed by atoms with Gasteiger partial charge >= 0.3 is 0 Å². The predicted octanol–water partition coefficient (Wildman–Crippen LogP) is 0.682. The van der Waals surface area contributed by atoms with E-state index in [1.807, 2.05) is 0 Å². The fraction of sp³-hybridized carbons (Fsp3) is 0.364. The van der Waals surface area contributed by atoms with Gasteiger partial charge in [-0.3, -0.25) is 4.79 Å². The molecule has 0 radical (unpaired) electrons. The molecule has 0 aliphatic carbocycles. The van der Waals surface area contributed by atoms with E-state index in [0.717, 1.165) is 12.1 Å². The van der Waals surface area contributed by atoms with Crippen LogP contribution in [0.3, 0.4) is 0 Å². The number of hydrogen-bond acceptors (Lipinski definition) is 3. The lowest BCUT2D eigenvalue weighted by Crippen LogP contribution is -2.43. The summed E-state index contributed by atoms with van der Waals surface area (Å²) in [6.07, 6.45) is 1.24. The molecule has 1 saturated heterocycles. The lowest BCUT2D eigenvalue weighted by molar-refractivity contribution is -0.110. The normalized spacial score (nSPS) is 20.8. The average Bonchev–Trinajstić information content (AvgIpc) is 2.79. The Labute approximate surface area is 105 Å². The van der Waals surface area contributed by atoms with Crippen molar-refractivity contribution in [3.63, 3.8) is 0 Å². The molecule has 1 N–H and O–H groups in total. The third-order valence-electron chi connectivity index (χ3n) is 2.88. The number of benzene rings is 1.